The molecule has 0 N–H and O–H groups in total. The van der Waals surface area contributed by atoms with Crippen LogP contribution in [0.3, 0.4) is 0 Å². The second-order valence-corrected chi connectivity index (χ2v) is 9.74. The molecule has 0 unspecified atom stereocenters. The van der Waals surface area contributed by atoms with Gasteiger partial charge in [0.25, 0.3) is 0 Å². The number of rotatable bonds is 21. The van der Waals surface area contributed by atoms with Gasteiger partial charge in [-0.05, 0) is 98.0 Å². The Morgan fingerprint density at radius 2 is 1.17 bits per heavy atom. The van der Waals surface area contributed by atoms with Gasteiger partial charge < -0.3 is 4.74 Å². The quantitative estimate of drug-likeness (QED) is 0.0923. The van der Waals surface area contributed by atoms with Gasteiger partial charge in [0, 0.05) is 6.42 Å². The standard InChI is InChI=1S/C33H54O2/c1-6-7-8-9-10-11-12-13-14-15-16-17-18-19-20-27-33(34)35-29-28-32(5)26-22-25-31(4)24-21-23-30(2)3/h7-8,10-11,13-14,23,25,28H,6,9,12,15-22,24,26-27,29H2,1-5H3. The Morgan fingerprint density at radius 1 is 0.600 bits per heavy atom. The molecule has 0 spiro atoms. The van der Waals surface area contributed by atoms with Gasteiger partial charge in [-0.2, -0.15) is 0 Å². The zero-order valence-electron chi connectivity index (χ0n) is 23.6. The first kappa shape index (κ1) is 32.9. The fraction of sp³-hybridized carbons (Fsp3) is 0.606. The predicted octanol–water partition coefficient (Wildman–Crippen LogP) is 10.5. The monoisotopic (exact) mass is 482 g/mol. The van der Waals surface area contributed by atoms with Crippen LogP contribution in [0.25, 0.3) is 0 Å². The van der Waals surface area contributed by atoms with Gasteiger partial charge in [-0.3, -0.25) is 4.79 Å². The minimum absolute atomic E-state index is 0.0646. The lowest BCUT2D eigenvalue weighted by atomic mass is 10.1. The molecule has 0 saturated carbocycles. The summed E-state index contributed by atoms with van der Waals surface area (Å²) >= 11 is 0. The van der Waals surface area contributed by atoms with Crippen molar-refractivity contribution in [3.05, 3.63) is 71.4 Å². The number of hydrogen-bond acceptors (Lipinski definition) is 2. The van der Waals surface area contributed by atoms with Crippen LogP contribution in [0, 0.1) is 0 Å². The smallest absolute Gasteiger partial charge is 0.306 e. The molecule has 2 nitrogen and oxygen atoms in total. The summed E-state index contributed by atoms with van der Waals surface area (Å²) in [6, 6.07) is 0. The maximum Gasteiger partial charge on any atom is 0.306 e. The molecule has 0 heterocycles. The highest BCUT2D eigenvalue weighted by Crippen LogP contribution is 2.12. The summed E-state index contributed by atoms with van der Waals surface area (Å²) in [4.78, 5) is 11.9. The molecule has 0 aliphatic rings. The predicted molar refractivity (Wildman–Crippen MR) is 156 cm³/mol. The van der Waals surface area contributed by atoms with E-state index in [4.69, 9.17) is 4.74 Å². The lowest BCUT2D eigenvalue weighted by molar-refractivity contribution is -0.142. The molecule has 0 aromatic rings. The molecule has 198 valence electrons. The van der Waals surface area contributed by atoms with Crippen LogP contribution in [0.4, 0.5) is 0 Å². The summed E-state index contributed by atoms with van der Waals surface area (Å²) in [6.45, 7) is 11.2. The molecular weight excluding hydrogens is 428 g/mol. The first-order chi connectivity index (χ1) is 17.0. The Hall–Kier alpha value is -2.09. The first-order valence-corrected chi connectivity index (χ1v) is 14.0. The third kappa shape index (κ3) is 26.4. The van der Waals surface area contributed by atoms with E-state index in [1.54, 1.807) is 0 Å². The van der Waals surface area contributed by atoms with Gasteiger partial charge in [-0.25, -0.2) is 0 Å². The molecule has 0 aliphatic heterocycles. The number of ether oxygens (including phenoxy) is 1. The summed E-state index contributed by atoms with van der Waals surface area (Å²) in [6.07, 6.45) is 35.1. The highest BCUT2D eigenvalue weighted by atomic mass is 16.5. The van der Waals surface area contributed by atoms with Gasteiger partial charge in [0.15, 0.2) is 0 Å². The molecule has 0 saturated heterocycles. The van der Waals surface area contributed by atoms with E-state index in [0.717, 1.165) is 64.2 Å². The molecule has 0 aliphatic carbocycles. The third-order valence-corrected chi connectivity index (χ3v) is 5.83. The number of unbranched alkanes of at least 4 members (excludes halogenated alkanes) is 5. The Morgan fingerprint density at radius 3 is 1.86 bits per heavy atom. The van der Waals surface area contributed by atoms with E-state index in [1.165, 1.54) is 36.0 Å². The van der Waals surface area contributed by atoms with Crippen LogP contribution in [0.15, 0.2) is 71.4 Å². The van der Waals surface area contributed by atoms with E-state index in [2.05, 4.69) is 89.3 Å². The lowest BCUT2D eigenvalue weighted by Gasteiger charge is -2.04. The Balaban J connectivity index is 3.65. The highest BCUT2D eigenvalue weighted by Gasteiger charge is 2.01. The molecule has 0 atom stereocenters. The molecule has 0 aromatic carbocycles. The second-order valence-electron chi connectivity index (χ2n) is 9.74. The van der Waals surface area contributed by atoms with Crippen molar-refractivity contribution in [1.82, 2.24) is 0 Å². The van der Waals surface area contributed by atoms with Crippen molar-refractivity contribution in [1.29, 1.82) is 0 Å². The average molecular weight is 483 g/mol. The third-order valence-electron chi connectivity index (χ3n) is 5.83. The SMILES string of the molecule is CCC=CCC=CCC=CCCCCCCCC(=O)OCC=C(C)CCC=C(C)CCC=C(C)C. The molecule has 35 heavy (non-hydrogen) atoms. The zero-order valence-corrected chi connectivity index (χ0v) is 23.6. The summed E-state index contributed by atoms with van der Waals surface area (Å²) < 4.78 is 5.38. The van der Waals surface area contributed by atoms with Crippen molar-refractivity contribution >= 4 is 5.97 Å². The molecule has 0 amide bonds. The molecule has 0 radical (unpaired) electrons. The summed E-state index contributed by atoms with van der Waals surface area (Å²) in [5.74, 6) is -0.0646. The Labute approximate surface area is 218 Å². The molecular formula is C33H54O2. The number of carbonyl (C=O) groups is 1. The van der Waals surface area contributed by atoms with Crippen molar-refractivity contribution in [3.8, 4) is 0 Å². The fourth-order valence-electron chi connectivity index (χ4n) is 3.58. The van der Waals surface area contributed by atoms with Gasteiger partial charge in [0.2, 0.25) is 0 Å². The Bertz CT molecular complexity index is 697. The van der Waals surface area contributed by atoms with Crippen molar-refractivity contribution in [2.24, 2.45) is 0 Å². The van der Waals surface area contributed by atoms with Crippen LogP contribution in [0.5, 0.6) is 0 Å². The van der Waals surface area contributed by atoms with Gasteiger partial charge in [0.1, 0.15) is 6.61 Å². The van der Waals surface area contributed by atoms with Crippen LogP contribution in [0.1, 0.15) is 125 Å². The first-order valence-electron chi connectivity index (χ1n) is 14.0. The van der Waals surface area contributed by atoms with Crippen LogP contribution < -0.4 is 0 Å². The van der Waals surface area contributed by atoms with Crippen molar-refractivity contribution in [2.45, 2.75) is 125 Å². The minimum Gasteiger partial charge on any atom is -0.461 e. The zero-order chi connectivity index (χ0) is 26.0. The number of esters is 1. The Kier molecular flexibility index (Phi) is 23.5. The van der Waals surface area contributed by atoms with E-state index in [1.807, 2.05) is 0 Å². The van der Waals surface area contributed by atoms with Crippen LogP contribution in [-0.2, 0) is 9.53 Å². The van der Waals surface area contributed by atoms with Gasteiger partial charge in [-0.15, -0.1) is 0 Å². The fourth-order valence-corrected chi connectivity index (χ4v) is 3.58. The number of allylic oxidation sites excluding steroid dienone is 11. The van der Waals surface area contributed by atoms with E-state index < -0.39 is 0 Å². The van der Waals surface area contributed by atoms with Gasteiger partial charge >= 0.3 is 5.97 Å². The van der Waals surface area contributed by atoms with E-state index >= 15 is 0 Å². The topological polar surface area (TPSA) is 26.3 Å². The van der Waals surface area contributed by atoms with Crippen LogP contribution in [-0.4, -0.2) is 12.6 Å². The number of carbonyl (C=O) groups excluding carboxylic acids is 1. The van der Waals surface area contributed by atoms with E-state index in [-0.39, 0.29) is 5.97 Å². The largest absolute Gasteiger partial charge is 0.461 e. The molecule has 0 rings (SSSR count). The van der Waals surface area contributed by atoms with Crippen molar-refractivity contribution in [2.75, 3.05) is 6.61 Å². The summed E-state index contributed by atoms with van der Waals surface area (Å²) in [5, 5.41) is 0. The second kappa shape index (κ2) is 25.0. The number of hydrogen-bond donors (Lipinski definition) is 0. The van der Waals surface area contributed by atoms with Crippen molar-refractivity contribution in [3.63, 3.8) is 0 Å². The van der Waals surface area contributed by atoms with Gasteiger partial charge in [0.05, 0.1) is 0 Å². The van der Waals surface area contributed by atoms with Crippen LogP contribution >= 0.6 is 0 Å². The van der Waals surface area contributed by atoms with E-state index in [0.29, 0.717) is 13.0 Å². The summed E-state index contributed by atoms with van der Waals surface area (Å²) in [5.41, 5.74) is 4.14. The highest BCUT2D eigenvalue weighted by molar-refractivity contribution is 5.69. The van der Waals surface area contributed by atoms with E-state index in [9.17, 15) is 4.79 Å². The molecule has 0 fully saturated rings. The maximum absolute atomic E-state index is 11.9. The minimum atomic E-state index is -0.0646. The van der Waals surface area contributed by atoms with Crippen molar-refractivity contribution < 1.29 is 9.53 Å². The molecule has 2 heteroatoms. The van der Waals surface area contributed by atoms with Crippen LogP contribution in [0.2, 0.25) is 0 Å². The molecule has 0 aromatic heterocycles. The maximum atomic E-state index is 11.9. The average Bonchev–Trinajstić information content (AvgIpc) is 2.81. The molecule has 0 bridgehead atoms. The normalized spacial score (nSPS) is 12.8. The lowest BCUT2D eigenvalue weighted by Crippen LogP contribution is -2.04. The van der Waals surface area contributed by atoms with Gasteiger partial charge in [-0.1, -0.05) is 91.5 Å². The summed E-state index contributed by atoms with van der Waals surface area (Å²) in [7, 11) is 0.